The van der Waals surface area contributed by atoms with E-state index in [1.165, 1.54) is 18.2 Å². The van der Waals surface area contributed by atoms with Crippen molar-refractivity contribution in [3.8, 4) is 11.3 Å². The number of nitrogens with one attached hydrogen (secondary N) is 1. The number of rotatable bonds is 8. The maximum absolute atomic E-state index is 15.1. The highest BCUT2D eigenvalue weighted by Crippen LogP contribution is 2.42. The minimum atomic E-state index is -0.844. The molecular formula is C43H52F2N4O5. The largest absolute Gasteiger partial charge is 0.445 e. The van der Waals surface area contributed by atoms with Gasteiger partial charge in [0.15, 0.2) is 0 Å². The fourth-order valence-corrected chi connectivity index (χ4v) is 7.76. The second kappa shape index (κ2) is 15.8. The van der Waals surface area contributed by atoms with Crippen LogP contribution in [0, 0.1) is 17.0 Å². The summed E-state index contributed by atoms with van der Waals surface area (Å²) in [5, 5.41) is 3.73. The molecule has 2 fully saturated rings. The number of hydrogen-bond donors (Lipinski definition) is 1. The number of carbonyl (C=O) groups is 3. The quantitative estimate of drug-likeness (QED) is 0.195. The maximum Gasteiger partial charge on any atom is 0.410 e. The van der Waals surface area contributed by atoms with E-state index >= 15 is 4.39 Å². The summed E-state index contributed by atoms with van der Waals surface area (Å²) in [7, 11) is 0. The van der Waals surface area contributed by atoms with Crippen LogP contribution in [0.4, 0.5) is 18.4 Å². The summed E-state index contributed by atoms with van der Waals surface area (Å²) in [5.41, 5.74) is 2.90. The highest BCUT2D eigenvalue weighted by molar-refractivity contribution is 5.93. The Balaban J connectivity index is 1.31. The fourth-order valence-electron chi connectivity index (χ4n) is 7.76. The molecule has 1 unspecified atom stereocenters. The summed E-state index contributed by atoms with van der Waals surface area (Å²) in [6.45, 7) is 12.8. The van der Waals surface area contributed by atoms with E-state index in [1.54, 1.807) is 29.2 Å². The lowest BCUT2D eigenvalue weighted by atomic mass is 9.85. The Morgan fingerprint density at radius 1 is 0.852 bits per heavy atom. The molecular weight excluding hydrogens is 690 g/mol. The molecule has 9 nitrogen and oxygen atoms in total. The number of benzene rings is 3. The van der Waals surface area contributed by atoms with Crippen molar-refractivity contribution in [2.45, 2.75) is 104 Å². The van der Waals surface area contributed by atoms with Gasteiger partial charge in [0.1, 0.15) is 29.9 Å². The molecule has 3 amide bonds. The second-order valence-electron chi connectivity index (χ2n) is 16.6. The molecule has 4 aromatic rings. The van der Waals surface area contributed by atoms with E-state index in [0.717, 1.165) is 40.6 Å². The summed E-state index contributed by atoms with van der Waals surface area (Å²) in [5.74, 6) is -0.926. The van der Waals surface area contributed by atoms with Gasteiger partial charge in [0.2, 0.25) is 5.91 Å². The molecule has 2 aliphatic heterocycles. The Bertz CT molecular complexity index is 1960. The minimum Gasteiger partial charge on any atom is -0.445 e. The van der Waals surface area contributed by atoms with Crippen LogP contribution in [0.1, 0.15) is 84.4 Å². The van der Waals surface area contributed by atoms with Crippen LogP contribution in [0.2, 0.25) is 0 Å². The van der Waals surface area contributed by atoms with Gasteiger partial charge in [0.05, 0.1) is 11.2 Å². The molecule has 1 aromatic heterocycles. The Hall–Kier alpha value is -4.93. The van der Waals surface area contributed by atoms with Crippen molar-refractivity contribution in [1.82, 2.24) is 19.7 Å². The number of ether oxygens (including phenoxy) is 2. The summed E-state index contributed by atoms with van der Waals surface area (Å²) in [4.78, 5) is 44.0. The Morgan fingerprint density at radius 2 is 1.52 bits per heavy atom. The summed E-state index contributed by atoms with van der Waals surface area (Å²) in [6.07, 6.45) is 2.20. The molecule has 2 aliphatic rings. The van der Waals surface area contributed by atoms with E-state index in [9.17, 15) is 18.8 Å². The molecule has 54 heavy (non-hydrogen) atoms. The summed E-state index contributed by atoms with van der Waals surface area (Å²) in [6, 6.07) is 19.4. The van der Waals surface area contributed by atoms with E-state index in [-0.39, 0.29) is 42.3 Å². The number of hydrogen-bond acceptors (Lipinski definition) is 5. The number of nitrogens with zero attached hydrogens (tertiary/aromatic N) is 3. The lowest BCUT2D eigenvalue weighted by Gasteiger charge is -2.36. The van der Waals surface area contributed by atoms with E-state index in [2.05, 4.69) is 9.88 Å². The van der Waals surface area contributed by atoms with Gasteiger partial charge in [-0.05, 0) is 117 Å². The number of fused-ring (bicyclic) bond motifs is 1. The number of aromatic nitrogens is 1. The topological polar surface area (TPSA) is 93.1 Å². The third-order valence-corrected chi connectivity index (χ3v) is 10.4. The third kappa shape index (κ3) is 8.88. The summed E-state index contributed by atoms with van der Waals surface area (Å²) < 4.78 is 42.7. The average molecular weight is 743 g/mol. The highest BCUT2D eigenvalue weighted by atomic mass is 19.1. The van der Waals surface area contributed by atoms with E-state index in [1.807, 2.05) is 76.8 Å². The van der Waals surface area contributed by atoms with Gasteiger partial charge in [-0.2, -0.15) is 0 Å². The second-order valence-corrected chi connectivity index (χ2v) is 16.6. The van der Waals surface area contributed by atoms with Crippen LogP contribution in [-0.4, -0.2) is 69.8 Å². The van der Waals surface area contributed by atoms with Crippen LogP contribution >= 0.6 is 0 Å². The van der Waals surface area contributed by atoms with Gasteiger partial charge in [0, 0.05) is 37.1 Å². The molecule has 0 bridgehead atoms. The van der Waals surface area contributed by atoms with E-state index in [0.29, 0.717) is 44.4 Å². The molecule has 2 saturated heterocycles. The molecule has 2 atom stereocenters. The van der Waals surface area contributed by atoms with Crippen LogP contribution in [0.3, 0.4) is 0 Å². The average Bonchev–Trinajstić information content (AvgIpc) is 3.71. The molecule has 3 aromatic carbocycles. The first-order valence-corrected chi connectivity index (χ1v) is 18.9. The first-order chi connectivity index (χ1) is 25.6. The van der Waals surface area contributed by atoms with Crippen molar-refractivity contribution in [3.63, 3.8) is 0 Å². The maximum atomic E-state index is 15.1. The SMILES string of the molecule is CC(C)(C)OC(=O)N1CCC(n2c(-c3ccc(F)cc3)c(C[C@@H]3CCCN3C(=O)C(NC(=O)OCc3ccccc3)C(C)(C)C)c3ccc(F)cc32)CC1. The molecule has 3 heterocycles. The van der Waals surface area contributed by atoms with Gasteiger partial charge in [-0.15, -0.1) is 0 Å². The van der Waals surface area contributed by atoms with E-state index < -0.39 is 23.2 Å². The molecule has 0 radical (unpaired) electrons. The predicted molar refractivity (Wildman–Crippen MR) is 205 cm³/mol. The van der Waals surface area contributed by atoms with E-state index in [4.69, 9.17) is 9.47 Å². The van der Waals surface area contributed by atoms with Crippen LogP contribution in [0.25, 0.3) is 22.2 Å². The van der Waals surface area contributed by atoms with Crippen molar-refractivity contribution < 1.29 is 32.6 Å². The standard InChI is InChI=1S/C43H52F2N4O5/c1-42(2,3)38(46-40(51)53-27-28-11-8-7-9-12-28)39(50)48-22-10-13-33(48)26-35-34-19-18-31(45)25-36(34)49(37(35)29-14-16-30(44)17-15-29)32-20-23-47(24-21-32)41(52)54-43(4,5)6/h7-9,11-12,14-19,25,32-33,38H,10,13,20-24,26-27H2,1-6H3,(H,46,51)/t33-,38?/m0/s1. The zero-order chi connectivity index (χ0) is 38.8. The number of likely N-dealkylation sites (tertiary alicyclic amines) is 2. The predicted octanol–water partition coefficient (Wildman–Crippen LogP) is 9.03. The van der Waals surface area contributed by atoms with Crippen molar-refractivity contribution in [2.24, 2.45) is 5.41 Å². The van der Waals surface area contributed by atoms with Crippen LogP contribution in [0.5, 0.6) is 0 Å². The highest BCUT2D eigenvalue weighted by Gasteiger charge is 2.41. The van der Waals surface area contributed by atoms with Crippen molar-refractivity contribution >= 4 is 29.0 Å². The Labute approximate surface area is 316 Å². The lowest BCUT2D eigenvalue weighted by molar-refractivity contribution is -0.136. The van der Waals surface area contributed by atoms with Gasteiger partial charge >= 0.3 is 12.2 Å². The summed E-state index contributed by atoms with van der Waals surface area (Å²) >= 11 is 0. The molecule has 11 heteroatoms. The van der Waals surface area contributed by atoms with Gasteiger partial charge in [-0.1, -0.05) is 51.1 Å². The number of piperidine rings is 1. The van der Waals surface area contributed by atoms with Crippen LogP contribution in [-0.2, 0) is 27.3 Å². The number of halogens is 2. The first-order valence-electron chi connectivity index (χ1n) is 18.9. The normalized spacial score (nSPS) is 17.4. The van der Waals surface area contributed by atoms with Gasteiger partial charge in [-0.3, -0.25) is 4.79 Å². The number of carbonyl (C=O) groups excluding carboxylic acids is 3. The Kier molecular flexibility index (Phi) is 11.4. The molecule has 288 valence electrons. The first kappa shape index (κ1) is 38.8. The third-order valence-electron chi connectivity index (χ3n) is 10.4. The van der Waals surface area contributed by atoms with Crippen molar-refractivity contribution in [2.75, 3.05) is 19.6 Å². The van der Waals surface area contributed by atoms with Crippen LogP contribution in [0.15, 0.2) is 72.8 Å². The van der Waals surface area contributed by atoms with Crippen LogP contribution < -0.4 is 5.32 Å². The van der Waals surface area contributed by atoms with Crippen molar-refractivity contribution in [3.05, 3.63) is 95.6 Å². The lowest BCUT2D eigenvalue weighted by Crippen LogP contribution is -2.56. The molecule has 0 aliphatic carbocycles. The molecule has 0 saturated carbocycles. The van der Waals surface area contributed by atoms with Gasteiger partial charge in [0.25, 0.3) is 0 Å². The van der Waals surface area contributed by atoms with Gasteiger partial charge < -0.3 is 29.2 Å². The number of alkyl carbamates (subject to hydrolysis) is 1. The monoisotopic (exact) mass is 742 g/mol. The smallest absolute Gasteiger partial charge is 0.410 e. The molecule has 0 spiro atoms. The fraction of sp³-hybridized carbons (Fsp3) is 0.465. The minimum absolute atomic E-state index is 0.0838. The molecule has 6 rings (SSSR count). The van der Waals surface area contributed by atoms with Gasteiger partial charge in [-0.25, -0.2) is 18.4 Å². The zero-order valence-corrected chi connectivity index (χ0v) is 32.2. The zero-order valence-electron chi connectivity index (χ0n) is 32.2. The Morgan fingerprint density at radius 3 is 2.17 bits per heavy atom. The number of amides is 3. The van der Waals surface area contributed by atoms with Crippen molar-refractivity contribution in [1.29, 1.82) is 0 Å². The molecule has 1 N–H and O–H groups in total.